The van der Waals surface area contributed by atoms with E-state index < -0.39 is 11.8 Å². The highest BCUT2D eigenvalue weighted by Gasteiger charge is 2.13. The monoisotopic (exact) mass is 335 g/mol. The van der Waals surface area contributed by atoms with E-state index in [0.29, 0.717) is 6.54 Å². The van der Waals surface area contributed by atoms with Crippen LogP contribution in [-0.2, 0) is 16.1 Å². The van der Waals surface area contributed by atoms with Crippen LogP contribution in [0.25, 0.3) is 0 Å². The average Bonchev–Trinajstić information content (AvgIpc) is 2.68. The number of hydrogen-bond acceptors (Lipinski definition) is 4. The van der Waals surface area contributed by atoms with Gasteiger partial charge in [0.15, 0.2) is 0 Å². The smallest absolute Gasteiger partial charge is 0.309 e. The zero-order valence-corrected chi connectivity index (χ0v) is 11.9. The third-order valence-corrected chi connectivity index (χ3v) is 3.80. The Bertz CT molecular complexity index is 447. The summed E-state index contributed by atoms with van der Waals surface area (Å²) in [6.45, 7) is 0.321. The first kappa shape index (κ1) is 14.1. The Kier molecular flexibility index (Phi) is 5.52. The van der Waals surface area contributed by atoms with Crippen LogP contribution in [0.5, 0.6) is 0 Å². The van der Waals surface area contributed by atoms with Gasteiger partial charge in [-0.15, -0.1) is 11.3 Å². The van der Waals surface area contributed by atoms with Gasteiger partial charge in [0.2, 0.25) is 0 Å². The maximum atomic E-state index is 11.3. The lowest BCUT2D eigenvalue weighted by atomic mass is 10.4. The van der Waals surface area contributed by atoms with Gasteiger partial charge in [-0.3, -0.25) is 9.59 Å². The predicted octanol–water partition coefficient (Wildman–Crippen LogP) is 0.529. The predicted molar refractivity (Wildman–Crippen MR) is 73.7 cm³/mol. The van der Waals surface area contributed by atoms with Crippen LogP contribution in [-0.4, -0.2) is 23.3 Å². The summed E-state index contributed by atoms with van der Waals surface area (Å²) in [7, 11) is 0. The summed E-state index contributed by atoms with van der Waals surface area (Å²) in [6, 6.07) is 1.87. The number of halogens is 1. The fourth-order valence-corrected chi connectivity index (χ4v) is 2.44. The second kappa shape index (κ2) is 6.67. The van der Waals surface area contributed by atoms with Crippen molar-refractivity contribution in [3.8, 4) is 0 Å². The standard InChI is InChI=1S/C9H10BrN3O2S2/c10-5-1-2-17-6(5)3-12-8(14)9(15)13-4-7(11)16/h1-2H,3-4H2,(H2,11,16)(H,12,14)(H,13,15). The van der Waals surface area contributed by atoms with Gasteiger partial charge in [-0.25, -0.2) is 0 Å². The Hall–Kier alpha value is -0.990. The first-order chi connectivity index (χ1) is 8.00. The van der Waals surface area contributed by atoms with Crippen molar-refractivity contribution in [1.29, 1.82) is 0 Å². The van der Waals surface area contributed by atoms with Crippen molar-refractivity contribution in [1.82, 2.24) is 10.6 Å². The quantitative estimate of drug-likeness (QED) is 0.553. The molecule has 0 aromatic carbocycles. The summed E-state index contributed by atoms with van der Waals surface area (Å²) in [5.74, 6) is -1.45. The average molecular weight is 336 g/mol. The normalized spacial score (nSPS) is 9.71. The molecule has 1 rings (SSSR count). The number of thiocarbonyl (C=S) groups is 1. The van der Waals surface area contributed by atoms with Crippen LogP contribution in [0.1, 0.15) is 4.88 Å². The minimum absolute atomic E-state index is 0.0181. The fourth-order valence-electron chi connectivity index (χ4n) is 0.940. The Balaban J connectivity index is 2.37. The van der Waals surface area contributed by atoms with Crippen LogP contribution < -0.4 is 16.4 Å². The van der Waals surface area contributed by atoms with Crippen molar-refractivity contribution >= 4 is 56.3 Å². The molecule has 5 nitrogen and oxygen atoms in total. The molecule has 0 saturated heterocycles. The molecule has 8 heteroatoms. The number of nitrogens with one attached hydrogen (secondary N) is 2. The van der Waals surface area contributed by atoms with Crippen molar-refractivity contribution in [3.05, 3.63) is 20.8 Å². The lowest BCUT2D eigenvalue weighted by Gasteiger charge is -2.05. The summed E-state index contributed by atoms with van der Waals surface area (Å²) in [6.07, 6.45) is 0. The molecule has 0 aliphatic carbocycles. The second-order valence-corrected chi connectivity index (χ2v) is 5.40. The van der Waals surface area contributed by atoms with Crippen molar-refractivity contribution in [2.75, 3.05) is 6.54 Å². The molecule has 0 spiro atoms. The topological polar surface area (TPSA) is 84.2 Å². The van der Waals surface area contributed by atoms with Gasteiger partial charge in [-0.05, 0) is 27.4 Å². The van der Waals surface area contributed by atoms with Gasteiger partial charge in [-0.2, -0.15) is 0 Å². The van der Waals surface area contributed by atoms with E-state index in [9.17, 15) is 9.59 Å². The second-order valence-electron chi connectivity index (χ2n) is 3.02. The van der Waals surface area contributed by atoms with Gasteiger partial charge in [0.1, 0.15) is 0 Å². The van der Waals surface area contributed by atoms with Gasteiger partial charge in [0.25, 0.3) is 0 Å². The largest absolute Gasteiger partial charge is 0.392 e. The molecule has 0 aliphatic heterocycles. The first-order valence-electron chi connectivity index (χ1n) is 4.57. The molecule has 1 aromatic rings. The van der Waals surface area contributed by atoms with Gasteiger partial charge in [0, 0.05) is 9.35 Å². The van der Waals surface area contributed by atoms with E-state index in [2.05, 4.69) is 38.8 Å². The molecule has 0 unspecified atom stereocenters. The molecule has 1 aromatic heterocycles. The number of rotatable bonds is 4. The van der Waals surface area contributed by atoms with E-state index in [1.165, 1.54) is 11.3 Å². The highest BCUT2D eigenvalue weighted by Crippen LogP contribution is 2.21. The zero-order chi connectivity index (χ0) is 12.8. The summed E-state index contributed by atoms with van der Waals surface area (Å²) in [5, 5.41) is 6.68. The molecule has 0 atom stereocenters. The minimum atomic E-state index is -0.745. The van der Waals surface area contributed by atoms with Crippen LogP contribution in [0.2, 0.25) is 0 Å². The number of carbonyl (C=O) groups excluding carboxylic acids is 2. The van der Waals surface area contributed by atoms with E-state index in [1.54, 1.807) is 0 Å². The Morgan fingerprint density at radius 3 is 2.59 bits per heavy atom. The third kappa shape index (κ3) is 4.80. The highest BCUT2D eigenvalue weighted by atomic mass is 79.9. The van der Waals surface area contributed by atoms with Crippen molar-refractivity contribution < 1.29 is 9.59 Å². The molecular weight excluding hydrogens is 326 g/mol. The summed E-state index contributed by atoms with van der Waals surface area (Å²) in [5.41, 5.74) is 5.19. The number of hydrogen-bond donors (Lipinski definition) is 3. The minimum Gasteiger partial charge on any atom is -0.392 e. The first-order valence-corrected chi connectivity index (χ1v) is 6.65. The number of amides is 2. The van der Waals surface area contributed by atoms with E-state index >= 15 is 0 Å². The maximum absolute atomic E-state index is 11.3. The van der Waals surface area contributed by atoms with E-state index in [4.69, 9.17) is 5.73 Å². The highest BCUT2D eigenvalue weighted by molar-refractivity contribution is 9.10. The van der Waals surface area contributed by atoms with Crippen LogP contribution in [0.4, 0.5) is 0 Å². The van der Waals surface area contributed by atoms with Gasteiger partial charge in [0.05, 0.1) is 18.1 Å². The molecule has 4 N–H and O–H groups in total. The molecular formula is C9H10BrN3O2S2. The van der Waals surface area contributed by atoms with Crippen molar-refractivity contribution in [3.63, 3.8) is 0 Å². The van der Waals surface area contributed by atoms with Crippen molar-refractivity contribution in [2.45, 2.75) is 6.54 Å². The molecule has 2 amide bonds. The summed E-state index contributed by atoms with van der Waals surface area (Å²) in [4.78, 5) is 23.7. The lowest BCUT2D eigenvalue weighted by Crippen LogP contribution is -2.42. The Morgan fingerprint density at radius 2 is 2.06 bits per heavy atom. The van der Waals surface area contributed by atoms with Crippen LogP contribution in [0.15, 0.2) is 15.9 Å². The van der Waals surface area contributed by atoms with Gasteiger partial charge in [-0.1, -0.05) is 12.2 Å². The maximum Gasteiger partial charge on any atom is 0.309 e. The molecule has 1 heterocycles. The third-order valence-electron chi connectivity index (χ3n) is 1.73. The summed E-state index contributed by atoms with van der Waals surface area (Å²) < 4.78 is 0.909. The van der Waals surface area contributed by atoms with Gasteiger partial charge < -0.3 is 16.4 Å². The molecule has 0 bridgehead atoms. The van der Waals surface area contributed by atoms with Crippen LogP contribution in [0, 0.1) is 0 Å². The Morgan fingerprint density at radius 1 is 1.41 bits per heavy atom. The number of carbonyl (C=O) groups is 2. The SMILES string of the molecule is NC(=S)CNC(=O)C(=O)NCc1sccc1Br. The molecule has 92 valence electrons. The fraction of sp³-hybridized carbons (Fsp3) is 0.222. The van der Waals surface area contributed by atoms with Crippen LogP contribution in [0.3, 0.4) is 0 Å². The molecule has 0 saturated carbocycles. The molecule has 0 aliphatic rings. The van der Waals surface area contributed by atoms with E-state index in [-0.39, 0.29) is 11.5 Å². The summed E-state index contributed by atoms with van der Waals surface area (Å²) >= 11 is 9.39. The van der Waals surface area contributed by atoms with E-state index in [1.807, 2.05) is 11.4 Å². The molecule has 0 fully saturated rings. The van der Waals surface area contributed by atoms with E-state index in [0.717, 1.165) is 9.35 Å². The number of nitrogens with two attached hydrogens (primary N) is 1. The Labute approximate surface area is 116 Å². The van der Waals surface area contributed by atoms with Crippen LogP contribution >= 0.6 is 39.5 Å². The van der Waals surface area contributed by atoms with Gasteiger partial charge >= 0.3 is 11.8 Å². The number of thiophene rings is 1. The lowest BCUT2D eigenvalue weighted by molar-refractivity contribution is -0.139. The molecule has 0 radical (unpaired) electrons. The molecule has 17 heavy (non-hydrogen) atoms. The zero-order valence-electron chi connectivity index (χ0n) is 8.66. The van der Waals surface area contributed by atoms with Crippen molar-refractivity contribution in [2.24, 2.45) is 5.73 Å².